The monoisotopic (exact) mass is 544 g/mol. The van der Waals surface area contributed by atoms with Crippen molar-refractivity contribution in [1.82, 2.24) is 20.8 Å². The smallest absolute Gasteiger partial charge is 0.292 e. The molecule has 0 aliphatic heterocycles. The molecule has 0 unspecified atom stereocenters. The second-order valence-electron chi connectivity index (χ2n) is 9.73. The Kier molecular flexibility index (Phi) is 9.30. The molecule has 0 spiro atoms. The molecular weight excluding hydrogens is 512 g/mol. The van der Waals surface area contributed by atoms with E-state index in [1.54, 1.807) is 12.1 Å². The quantitative estimate of drug-likeness (QED) is 0.186. The lowest BCUT2D eigenvalue weighted by atomic mass is 9.87. The molecule has 2 amide bonds. The number of aromatic nitrogens is 2. The normalized spacial score (nSPS) is 10.9. The number of rotatable bonds is 12. The summed E-state index contributed by atoms with van der Waals surface area (Å²) in [4.78, 5) is 29.3. The largest absolute Gasteiger partial charge is 0.352 e. The predicted octanol–water partition coefficient (Wildman–Crippen LogP) is 6.05. The predicted molar refractivity (Wildman–Crippen MR) is 159 cm³/mol. The molecule has 0 radical (unpaired) electrons. The molecule has 0 atom stereocenters. The van der Waals surface area contributed by atoms with E-state index in [1.807, 2.05) is 54.6 Å². The molecule has 4 aromatic carbocycles. The summed E-state index contributed by atoms with van der Waals surface area (Å²) < 4.78 is 5.22. The molecule has 0 saturated heterocycles. The number of benzene rings is 4. The standard InChI is InChI=1S/C34H32N4O3/c39-33(29-20-18-26(19-21-29)25-11-4-1-5-12-25)36-24-22-31-37-32(38-41-31)34(40)35-23-10-17-30(27-13-6-2-7-14-27)28-15-8-3-9-16-28/h1-9,11-16,18-21,30H,10,17,22-24H2,(H,35,40)(H,36,39). The van der Waals surface area contributed by atoms with Crippen molar-refractivity contribution in [3.8, 4) is 11.1 Å². The molecule has 0 fully saturated rings. The Balaban J connectivity index is 1.06. The van der Waals surface area contributed by atoms with E-state index < -0.39 is 0 Å². The van der Waals surface area contributed by atoms with Gasteiger partial charge in [0.2, 0.25) is 5.89 Å². The first kappa shape index (κ1) is 27.5. The third-order valence-corrected chi connectivity index (χ3v) is 6.91. The summed E-state index contributed by atoms with van der Waals surface area (Å²) >= 11 is 0. The topological polar surface area (TPSA) is 97.1 Å². The van der Waals surface area contributed by atoms with Gasteiger partial charge in [-0.3, -0.25) is 9.59 Å². The second-order valence-corrected chi connectivity index (χ2v) is 9.73. The van der Waals surface area contributed by atoms with Crippen molar-refractivity contribution >= 4 is 11.8 Å². The molecule has 206 valence electrons. The van der Waals surface area contributed by atoms with Crippen LogP contribution in [0.2, 0.25) is 0 Å². The SMILES string of the molecule is O=C(NCCc1nc(C(=O)NCCCC(c2ccccc2)c2ccccc2)no1)c1ccc(-c2ccccc2)cc1. The number of nitrogens with one attached hydrogen (secondary N) is 2. The summed E-state index contributed by atoms with van der Waals surface area (Å²) in [5.74, 6) is -0.0263. The van der Waals surface area contributed by atoms with Crippen molar-refractivity contribution in [2.24, 2.45) is 0 Å². The van der Waals surface area contributed by atoms with Gasteiger partial charge < -0.3 is 15.2 Å². The third-order valence-electron chi connectivity index (χ3n) is 6.91. The highest BCUT2D eigenvalue weighted by atomic mass is 16.5. The average molecular weight is 545 g/mol. The van der Waals surface area contributed by atoms with E-state index in [2.05, 4.69) is 69.3 Å². The van der Waals surface area contributed by atoms with Crippen LogP contribution in [0, 0.1) is 0 Å². The van der Waals surface area contributed by atoms with Crippen LogP contribution in [-0.4, -0.2) is 35.0 Å². The van der Waals surface area contributed by atoms with Crippen LogP contribution in [0.15, 0.2) is 120 Å². The zero-order valence-corrected chi connectivity index (χ0v) is 22.7. The fourth-order valence-electron chi connectivity index (χ4n) is 4.76. The zero-order valence-electron chi connectivity index (χ0n) is 22.7. The van der Waals surface area contributed by atoms with Crippen molar-refractivity contribution in [3.05, 3.63) is 144 Å². The van der Waals surface area contributed by atoms with Gasteiger partial charge in [-0.05, 0) is 47.2 Å². The molecule has 5 rings (SSSR count). The van der Waals surface area contributed by atoms with Gasteiger partial charge >= 0.3 is 0 Å². The number of nitrogens with zero attached hydrogens (tertiary/aromatic N) is 2. The first-order valence-electron chi connectivity index (χ1n) is 13.8. The van der Waals surface area contributed by atoms with Gasteiger partial charge in [-0.25, -0.2) is 0 Å². The van der Waals surface area contributed by atoms with E-state index >= 15 is 0 Å². The molecule has 7 heteroatoms. The maximum absolute atomic E-state index is 12.6. The summed E-state index contributed by atoms with van der Waals surface area (Å²) in [6, 6.07) is 38.3. The minimum atomic E-state index is -0.376. The maximum Gasteiger partial charge on any atom is 0.292 e. The Morgan fingerprint density at radius 1 is 0.659 bits per heavy atom. The van der Waals surface area contributed by atoms with Gasteiger partial charge in [0.1, 0.15) is 0 Å². The first-order chi connectivity index (χ1) is 20.2. The molecule has 1 aromatic heterocycles. The fourth-order valence-corrected chi connectivity index (χ4v) is 4.76. The number of carbonyl (C=O) groups is 2. The maximum atomic E-state index is 12.6. The van der Waals surface area contributed by atoms with Gasteiger partial charge in [0, 0.05) is 31.0 Å². The Hall–Kier alpha value is -5.04. The molecule has 0 aliphatic rings. The molecule has 1 heterocycles. The van der Waals surface area contributed by atoms with E-state index in [4.69, 9.17) is 4.52 Å². The van der Waals surface area contributed by atoms with Crippen molar-refractivity contribution in [2.75, 3.05) is 13.1 Å². The Morgan fingerprint density at radius 2 is 1.22 bits per heavy atom. The number of hydrogen-bond acceptors (Lipinski definition) is 5. The van der Waals surface area contributed by atoms with Crippen molar-refractivity contribution < 1.29 is 14.1 Å². The van der Waals surface area contributed by atoms with Crippen molar-refractivity contribution in [2.45, 2.75) is 25.2 Å². The van der Waals surface area contributed by atoms with Crippen LogP contribution in [0.25, 0.3) is 11.1 Å². The first-order valence-corrected chi connectivity index (χ1v) is 13.8. The second kappa shape index (κ2) is 13.8. The molecule has 5 aromatic rings. The number of carbonyl (C=O) groups excluding carboxylic acids is 2. The minimum absolute atomic E-state index is 0.00880. The highest BCUT2D eigenvalue weighted by Gasteiger charge is 2.17. The van der Waals surface area contributed by atoms with Gasteiger partial charge in [-0.2, -0.15) is 4.98 Å². The Bertz CT molecular complexity index is 1500. The van der Waals surface area contributed by atoms with E-state index in [1.165, 1.54) is 11.1 Å². The Labute approximate surface area is 239 Å². The van der Waals surface area contributed by atoms with Gasteiger partial charge in [-0.1, -0.05) is 108 Å². The Morgan fingerprint density at radius 3 is 1.85 bits per heavy atom. The lowest BCUT2D eigenvalue weighted by Gasteiger charge is -2.18. The average Bonchev–Trinajstić information content (AvgIpc) is 3.51. The van der Waals surface area contributed by atoms with Crippen LogP contribution in [0.5, 0.6) is 0 Å². The molecule has 41 heavy (non-hydrogen) atoms. The number of amides is 2. The van der Waals surface area contributed by atoms with E-state index in [-0.39, 0.29) is 23.6 Å². The highest BCUT2D eigenvalue weighted by molar-refractivity contribution is 5.94. The van der Waals surface area contributed by atoms with Gasteiger partial charge in [0.25, 0.3) is 17.6 Å². The molecule has 0 saturated carbocycles. The lowest BCUT2D eigenvalue weighted by molar-refractivity contribution is 0.0936. The van der Waals surface area contributed by atoms with Crippen LogP contribution in [-0.2, 0) is 6.42 Å². The van der Waals surface area contributed by atoms with Crippen LogP contribution in [0.1, 0.15) is 56.8 Å². The van der Waals surface area contributed by atoms with Gasteiger partial charge in [-0.15, -0.1) is 0 Å². The van der Waals surface area contributed by atoms with Gasteiger partial charge in [0.05, 0.1) is 0 Å². The van der Waals surface area contributed by atoms with E-state index in [0.717, 1.165) is 24.0 Å². The highest BCUT2D eigenvalue weighted by Crippen LogP contribution is 2.28. The summed E-state index contributed by atoms with van der Waals surface area (Å²) in [6.07, 6.45) is 2.01. The molecule has 7 nitrogen and oxygen atoms in total. The zero-order chi connectivity index (χ0) is 28.3. The van der Waals surface area contributed by atoms with Crippen LogP contribution < -0.4 is 10.6 Å². The molecular formula is C34H32N4O3. The molecule has 0 bridgehead atoms. The van der Waals surface area contributed by atoms with Crippen LogP contribution >= 0.6 is 0 Å². The van der Waals surface area contributed by atoms with E-state index in [0.29, 0.717) is 31.0 Å². The fraction of sp³-hybridized carbons (Fsp3) is 0.176. The number of hydrogen-bond donors (Lipinski definition) is 2. The molecule has 0 aliphatic carbocycles. The third kappa shape index (κ3) is 7.54. The lowest BCUT2D eigenvalue weighted by Crippen LogP contribution is -2.26. The molecule has 2 N–H and O–H groups in total. The summed E-state index contributed by atoms with van der Waals surface area (Å²) in [5.41, 5.74) is 5.22. The summed E-state index contributed by atoms with van der Waals surface area (Å²) in [7, 11) is 0. The van der Waals surface area contributed by atoms with Crippen molar-refractivity contribution in [1.29, 1.82) is 0 Å². The van der Waals surface area contributed by atoms with Gasteiger partial charge in [0.15, 0.2) is 0 Å². The minimum Gasteiger partial charge on any atom is -0.352 e. The summed E-state index contributed by atoms with van der Waals surface area (Å²) in [5, 5.41) is 9.56. The van der Waals surface area contributed by atoms with Crippen LogP contribution in [0.3, 0.4) is 0 Å². The van der Waals surface area contributed by atoms with E-state index in [9.17, 15) is 9.59 Å². The van der Waals surface area contributed by atoms with Crippen LogP contribution in [0.4, 0.5) is 0 Å². The van der Waals surface area contributed by atoms with Crippen molar-refractivity contribution in [3.63, 3.8) is 0 Å². The summed E-state index contributed by atoms with van der Waals surface area (Å²) in [6.45, 7) is 0.806.